The Morgan fingerprint density at radius 1 is 0.583 bits per heavy atom. The minimum Gasteiger partial charge on any atom is -0.444 e. The van der Waals surface area contributed by atoms with Crippen LogP contribution in [0.3, 0.4) is 0 Å². The van der Waals surface area contributed by atoms with Gasteiger partial charge in [0, 0.05) is 53.3 Å². The third-order valence-electron chi connectivity index (χ3n) is 7.77. The number of hydrogen-bond donors (Lipinski definition) is 2. The summed E-state index contributed by atoms with van der Waals surface area (Å²) >= 11 is 31.3. The summed E-state index contributed by atoms with van der Waals surface area (Å²) in [6.45, 7) is 12.8. The maximum Gasteiger partial charge on any atom is 0.407 e. The van der Waals surface area contributed by atoms with Gasteiger partial charge in [-0.1, -0.05) is 64.9 Å². The Bertz CT molecular complexity index is 2880. The molecular weight excluding hydrogens is 1120 g/mol. The van der Waals surface area contributed by atoms with Crippen LogP contribution in [0.25, 0.3) is 0 Å². The summed E-state index contributed by atoms with van der Waals surface area (Å²) in [5.74, 6) is -0.692. The van der Waals surface area contributed by atoms with Crippen molar-refractivity contribution in [2.75, 3.05) is 25.0 Å². The minimum atomic E-state index is -3.48. The number of alkyl carbamates (subject to hydrolysis) is 2. The number of thioether (sulfide) groups is 2. The molecule has 0 saturated heterocycles. The second kappa shape index (κ2) is 30.7. The smallest absolute Gasteiger partial charge is 0.407 e. The maximum atomic E-state index is 12.5. The summed E-state index contributed by atoms with van der Waals surface area (Å²) < 4.78 is 68.5. The van der Waals surface area contributed by atoms with Gasteiger partial charge in [0.2, 0.25) is 0 Å². The molecule has 0 aliphatic heterocycles. The first-order valence-corrected chi connectivity index (χ1v) is 28.6. The number of nitrogens with one attached hydrogen (secondary N) is 2. The number of aryl methyl sites for hydroxylation is 1. The topological polar surface area (TPSA) is 244 Å². The highest BCUT2D eigenvalue weighted by Gasteiger charge is 2.20. The predicted molar refractivity (Wildman–Crippen MR) is 282 cm³/mol. The van der Waals surface area contributed by atoms with Gasteiger partial charge in [-0.05, 0) is 90.8 Å². The van der Waals surface area contributed by atoms with Gasteiger partial charge in [0.05, 0.1) is 65.1 Å². The average molecular weight is 1180 g/mol. The SMILES string of the molecule is CC(C)(C)OC(=O)NCc1ncc(Cl)cc1S(C)(=O)=O.CCc1ncc(Cl)cc1S(C)(=O)=O.CSc1cc(Cl)cnc1C=O.CSc1cc(Cl)cnc1CNC(=O)OC(C)(C)C.O=Cc1ncc(Cl)cc1F. The lowest BCUT2D eigenvalue weighted by molar-refractivity contribution is 0.0511. The monoisotopic (exact) mass is 1170 g/mol. The van der Waals surface area contributed by atoms with Gasteiger partial charge in [0.1, 0.15) is 22.6 Å². The van der Waals surface area contributed by atoms with Crippen LogP contribution in [0.1, 0.15) is 86.5 Å². The van der Waals surface area contributed by atoms with Crippen molar-refractivity contribution in [2.24, 2.45) is 0 Å². The maximum absolute atomic E-state index is 12.5. The zero-order valence-electron chi connectivity index (χ0n) is 40.8. The quantitative estimate of drug-likeness (QED) is 0.0922. The van der Waals surface area contributed by atoms with Crippen molar-refractivity contribution in [3.8, 4) is 0 Å². The van der Waals surface area contributed by atoms with E-state index in [2.05, 4.69) is 35.6 Å². The van der Waals surface area contributed by atoms with E-state index in [4.69, 9.17) is 67.5 Å². The summed E-state index contributed by atoms with van der Waals surface area (Å²) in [5, 5.41) is 7.01. The number of hydrogen-bond acceptors (Lipinski definition) is 17. The molecule has 2 N–H and O–H groups in total. The summed E-state index contributed by atoms with van der Waals surface area (Å²) in [4.78, 5) is 64.7. The van der Waals surface area contributed by atoms with Crippen molar-refractivity contribution in [2.45, 2.75) is 98.8 Å². The molecule has 0 saturated carbocycles. The van der Waals surface area contributed by atoms with E-state index < -0.39 is 48.9 Å². The van der Waals surface area contributed by atoms with Crippen LogP contribution in [0.5, 0.6) is 0 Å². The number of pyridine rings is 5. The molecule has 5 rings (SSSR count). The number of sulfone groups is 2. The number of carbonyl (C=O) groups is 4. The first-order chi connectivity index (χ1) is 33.3. The normalized spacial score (nSPS) is 11.0. The Morgan fingerprint density at radius 2 is 0.931 bits per heavy atom. The van der Waals surface area contributed by atoms with E-state index >= 15 is 0 Å². The van der Waals surface area contributed by atoms with Crippen molar-refractivity contribution >= 4 is 126 Å². The van der Waals surface area contributed by atoms with Gasteiger partial charge < -0.3 is 20.1 Å². The highest BCUT2D eigenvalue weighted by atomic mass is 35.5. The van der Waals surface area contributed by atoms with Crippen LogP contribution >= 0.6 is 81.5 Å². The molecule has 5 heterocycles. The Kier molecular flexibility index (Phi) is 28.0. The highest BCUT2D eigenvalue weighted by Crippen LogP contribution is 2.24. The molecule has 72 heavy (non-hydrogen) atoms. The van der Waals surface area contributed by atoms with Gasteiger partial charge in [0.15, 0.2) is 38.1 Å². The van der Waals surface area contributed by atoms with Gasteiger partial charge in [-0.25, -0.2) is 35.8 Å². The van der Waals surface area contributed by atoms with Crippen LogP contribution in [0.2, 0.25) is 25.1 Å². The largest absolute Gasteiger partial charge is 0.444 e. The molecule has 0 atom stereocenters. The summed E-state index contributed by atoms with van der Waals surface area (Å²) in [6, 6.07) is 7.32. The lowest BCUT2D eigenvalue weighted by atomic mass is 10.2. The van der Waals surface area contributed by atoms with Crippen LogP contribution < -0.4 is 10.6 Å². The molecule has 5 aromatic rings. The van der Waals surface area contributed by atoms with Crippen LogP contribution in [0.4, 0.5) is 14.0 Å². The number of ether oxygens (including phenoxy) is 2. The molecule has 0 fully saturated rings. The molecule has 0 aliphatic carbocycles. The fourth-order valence-corrected chi connectivity index (χ4v) is 8.89. The minimum absolute atomic E-state index is 0.0129. The third kappa shape index (κ3) is 26.0. The molecule has 0 radical (unpaired) electrons. The van der Waals surface area contributed by atoms with E-state index in [9.17, 15) is 40.4 Å². The first kappa shape index (κ1) is 65.6. The number of rotatable bonds is 11. The molecule has 394 valence electrons. The average Bonchev–Trinajstić information content (AvgIpc) is 3.27. The van der Waals surface area contributed by atoms with Crippen LogP contribution in [0.15, 0.2) is 80.9 Å². The van der Waals surface area contributed by atoms with E-state index in [1.807, 2.05) is 46.3 Å². The van der Waals surface area contributed by atoms with Gasteiger partial charge in [-0.15, -0.1) is 23.5 Å². The summed E-state index contributed by atoms with van der Waals surface area (Å²) in [6.07, 6.45) is 13.6. The first-order valence-electron chi connectivity index (χ1n) is 20.5. The Balaban J connectivity index is 0.000000461. The molecule has 17 nitrogen and oxygen atoms in total. The molecule has 0 unspecified atom stereocenters. The van der Waals surface area contributed by atoms with Crippen molar-refractivity contribution in [3.63, 3.8) is 0 Å². The van der Waals surface area contributed by atoms with E-state index in [-0.39, 0.29) is 37.8 Å². The Morgan fingerprint density at radius 3 is 1.32 bits per heavy atom. The molecular formula is C45H53Cl5FN7O10S4. The number of amides is 2. The van der Waals surface area contributed by atoms with Crippen LogP contribution in [0, 0.1) is 5.82 Å². The van der Waals surface area contributed by atoms with E-state index in [0.717, 1.165) is 40.3 Å². The molecule has 2 amide bonds. The summed E-state index contributed by atoms with van der Waals surface area (Å²) in [5.41, 5.74) is 0.649. The number of nitrogens with zero attached hydrogens (tertiary/aromatic N) is 5. The summed E-state index contributed by atoms with van der Waals surface area (Å²) in [7, 11) is -6.69. The second-order valence-corrected chi connectivity index (χ2v) is 24.0. The van der Waals surface area contributed by atoms with Crippen molar-refractivity contribution < 1.29 is 49.9 Å². The molecule has 5 aromatic heterocycles. The molecule has 27 heteroatoms. The van der Waals surface area contributed by atoms with E-state index in [1.165, 1.54) is 60.4 Å². The van der Waals surface area contributed by atoms with Gasteiger partial charge >= 0.3 is 12.2 Å². The standard InChI is InChI=1S/C12H17ClN2O4S.C12H17ClN2O2S.C8H10ClNO2S.C7H6ClNOS.C6H3ClFNO/c1-12(2,3)19-11(16)15-7-9-10(20(4,17)18)5-8(13)6-14-9;1-12(2,3)17-11(16)15-7-9-10(18-4)5-8(13)6-14-9;1-3-7-8(13(2,11)12)4-6(9)5-10-7;1-11-7-2-5(8)3-9-6(7)4-10;7-4-1-5(8)6(3-10)9-2-4/h5-6H,7H2,1-4H3,(H,15,16);5-6H,7H2,1-4H3,(H,15,16);4-5H,3H2,1-2H3;2-4H,1H3;1-3H. The zero-order chi connectivity index (χ0) is 55.2. The van der Waals surface area contributed by atoms with Gasteiger partial charge in [0.25, 0.3) is 0 Å². The van der Waals surface area contributed by atoms with Crippen molar-refractivity contribution in [3.05, 3.63) is 121 Å². The number of aromatic nitrogens is 5. The third-order valence-corrected chi connectivity index (χ3v) is 12.7. The number of aldehydes is 2. The van der Waals surface area contributed by atoms with Crippen molar-refractivity contribution in [1.29, 1.82) is 0 Å². The predicted octanol–water partition coefficient (Wildman–Crippen LogP) is 11.3. The van der Waals surface area contributed by atoms with Crippen LogP contribution in [-0.2, 0) is 48.7 Å². The van der Waals surface area contributed by atoms with Gasteiger partial charge in [-0.2, -0.15) is 0 Å². The molecule has 0 aromatic carbocycles. The Hall–Kier alpha value is -4.39. The molecule has 0 bridgehead atoms. The fourth-order valence-electron chi connectivity index (χ4n) is 4.83. The lowest BCUT2D eigenvalue weighted by Gasteiger charge is -2.19. The lowest BCUT2D eigenvalue weighted by Crippen LogP contribution is -2.32. The highest BCUT2D eigenvalue weighted by molar-refractivity contribution is 7.99. The Labute approximate surface area is 452 Å². The molecule has 0 aliphatic rings. The van der Waals surface area contributed by atoms with Gasteiger partial charge in [-0.3, -0.25) is 29.5 Å². The van der Waals surface area contributed by atoms with Crippen molar-refractivity contribution in [1.82, 2.24) is 35.6 Å². The second-order valence-electron chi connectivity index (χ2n) is 16.1. The van der Waals surface area contributed by atoms with E-state index in [0.29, 0.717) is 45.7 Å². The zero-order valence-corrected chi connectivity index (χ0v) is 47.8. The number of carbonyl (C=O) groups excluding carboxylic acids is 4. The molecule has 0 spiro atoms. The van der Waals surface area contributed by atoms with Crippen LogP contribution in [-0.4, -0.2) is 103 Å². The number of halogens is 6. The fraction of sp³-hybridized carbons (Fsp3) is 0.356. The van der Waals surface area contributed by atoms with E-state index in [1.54, 1.807) is 33.0 Å².